The quantitative estimate of drug-likeness (QED) is 0.390. The minimum atomic E-state index is -0.396. The van der Waals surface area contributed by atoms with Crippen LogP contribution in [0.4, 0.5) is 5.69 Å². The minimum absolute atomic E-state index is 0.204. The molecule has 0 aromatic heterocycles. The Bertz CT molecular complexity index is 938. The number of nitrogens with zero attached hydrogens (tertiary/aromatic N) is 1. The number of carbonyl (C=O) groups is 2. The minimum Gasteiger partial charge on any atom is -0.493 e. The highest BCUT2D eigenvalue weighted by molar-refractivity contribution is 8.27. The Labute approximate surface area is 173 Å². The van der Waals surface area contributed by atoms with Crippen LogP contribution in [0.1, 0.15) is 29.8 Å². The van der Waals surface area contributed by atoms with E-state index in [4.69, 9.17) is 21.7 Å². The van der Waals surface area contributed by atoms with Crippen molar-refractivity contribution >= 4 is 51.9 Å². The largest absolute Gasteiger partial charge is 0.493 e. The number of hydrogen-bond donors (Lipinski definition) is 0. The van der Waals surface area contributed by atoms with Crippen molar-refractivity contribution in [2.45, 2.75) is 13.8 Å². The molecule has 1 saturated heterocycles. The highest BCUT2D eigenvalue weighted by Gasteiger charge is 2.33. The van der Waals surface area contributed by atoms with Crippen LogP contribution in [0, 0.1) is 0 Å². The molecule has 28 heavy (non-hydrogen) atoms. The van der Waals surface area contributed by atoms with Crippen molar-refractivity contribution in [1.29, 1.82) is 0 Å². The van der Waals surface area contributed by atoms with Crippen LogP contribution in [0.25, 0.3) is 6.08 Å². The third kappa shape index (κ3) is 4.26. The predicted octanol–water partition coefficient (Wildman–Crippen LogP) is 4.67. The van der Waals surface area contributed by atoms with Crippen LogP contribution in [0.3, 0.4) is 0 Å². The highest BCUT2D eigenvalue weighted by Crippen LogP contribution is 2.37. The molecule has 0 bridgehead atoms. The maximum atomic E-state index is 12.9. The molecular formula is C21H19NO4S2. The van der Waals surface area contributed by atoms with Crippen molar-refractivity contribution in [2.75, 3.05) is 18.1 Å². The standard InChI is InChI=1S/C21H19NO4S2/c1-3-25-17-8-6-5-7-15(17)13-18-19(23)22(21(27)28-18)16-11-9-14(10-12-16)20(24)26-4-2/h5-13H,3-4H2,1-2H3/b18-13+. The number of thiocarbonyl (C=S) groups is 1. The highest BCUT2D eigenvalue weighted by atomic mass is 32.2. The molecule has 3 rings (SSSR count). The van der Waals surface area contributed by atoms with Gasteiger partial charge in [0.1, 0.15) is 5.75 Å². The molecule has 0 aliphatic carbocycles. The van der Waals surface area contributed by atoms with Gasteiger partial charge in [0, 0.05) is 5.56 Å². The normalized spacial score (nSPS) is 15.2. The molecule has 0 N–H and O–H groups in total. The van der Waals surface area contributed by atoms with E-state index in [1.54, 1.807) is 37.3 Å². The number of esters is 1. The van der Waals surface area contributed by atoms with Crippen LogP contribution in [0.2, 0.25) is 0 Å². The van der Waals surface area contributed by atoms with Gasteiger partial charge in [-0.25, -0.2) is 4.79 Å². The summed E-state index contributed by atoms with van der Waals surface area (Å²) in [4.78, 5) is 26.7. The number of carbonyl (C=O) groups excluding carboxylic acids is 2. The van der Waals surface area contributed by atoms with E-state index in [0.29, 0.717) is 39.4 Å². The second kappa shape index (κ2) is 9.03. The van der Waals surface area contributed by atoms with Crippen LogP contribution in [0.15, 0.2) is 53.4 Å². The Morgan fingerprint density at radius 1 is 1.11 bits per heavy atom. The Morgan fingerprint density at radius 2 is 1.82 bits per heavy atom. The average Bonchev–Trinajstić information content (AvgIpc) is 2.97. The van der Waals surface area contributed by atoms with Gasteiger partial charge in [-0.15, -0.1) is 0 Å². The zero-order valence-corrected chi connectivity index (χ0v) is 17.1. The van der Waals surface area contributed by atoms with Gasteiger partial charge < -0.3 is 9.47 Å². The molecule has 1 fully saturated rings. The third-order valence-corrected chi connectivity index (χ3v) is 5.24. The van der Waals surface area contributed by atoms with Crippen LogP contribution in [-0.4, -0.2) is 29.4 Å². The summed E-state index contributed by atoms with van der Waals surface area (Å²) in [6, 6.07) is 14.2. The van der Waals surface area contributed by atoms with Crippen molar-refractivity contribution in [3.8, 4) is 5.75 Å². The lowest BCUT2D eigenvalue weighted by molar-refractivity contribution is -0.113. The number of amides is 1. The first-order valence-corrected chi connectivity index (χ1v) is 10.0. The smallest absolute Gasteiger partial charge is 0.338 e. The van der Waals surface area contributed by atoms with Gasteiger partial charge in [-0.3, -0.25) is 9.69 Å². The van der Waals surface area contributed by atoms with E-state index in [9.17, 15) is 9.59 Å². The second-order valence-corrected chi connectivity index (χ2v) is 7.43. The van der Waals surface area contributed by atoms with Crippen molar-refractivity contribution in [1.82, 2.24) is 0 Å². The van der Waals surface area contributed by atoms with Crippen LogP contribution < -0.4 is 9.64 Å². The van der Waals surface area contributed by atoms with Crippen molar-refractivity contribution < 1.29 is 19.1 Å². The molecule has 2 aromatic carbocycles. The number of para-hydroxylation sites is 1. The molecule has 1 amide bonds. The average molecular weight is 414 g/mol. The summed E-state index contributed by atoms with van der Waals surface area (Å²) in [5.41, 5.74) is 1.86. The van der Waals surface area contributed by atoms with E-state index in [1.165, 1.54) is 16.7 Å². The summed E-state index contributed by atoms with van der Waals surface area (Å²) >= 11 is 6.65. The van der Waals surface area contributed by atoms with Gasteiger partial charge in [0.25, 0.3) is 5.91 Å². The fraction of sp³-hybridized carbons (Fsp3) is 0.190. The Morgan fingerprint density at radius 3 is 2.50 bits per heavy atom. The summed E-state index contributed by atoms with van der Waals surface area (Å²) in [7, 11) is 0. The van der Waals surface area contributed by atoms with Gasteiger partial charge in [-0.2, -0.15) is 0 Å². The maximum absolute atomic E-state index is 12.9. The maximum Gasteiger partial charge on any atom is 0.338 e. The first kappa shape index (κ1) is 20.1. The number of hydrogen-bond acceptors (Lipinski definition) is 6. The van der Waals surface area contributed by atoms with Gasteiger partial charge in [-0.05, 0) is 50.3 Å². The summed E-state index contributed by atoms with van der Waals surface area (Å²) in [5.74, 6) is 0.117. The first-order valence-electron chi connectivity index (χ1n) is 8.82. The second-order valence-electron chi connectivity index (χ2n) is 5.76. The fourth-order valence-corrected chi connectivity index (χ4v) is 3.97. The monoisotopic (exact) mass is 413 g/mol. The van der Waals surface area contributed by atoms with E-state index in [2.05, 4.69) is 0 Å². The van der Waals surface area contributed by atoms with E-state index >= 15 is 0 Å². The van der Waals surface area contributed by atoms with E-state index in [1.807, 2.05) is 31.2 Å². The van der Waals surface area contributed by atoms with Gasteiger partial charge >= 0.3 is 5.97 Å². The molecule has 0 atom stereocenters. The zero-order chi connectivity index (χ0) is 20.1. The fourth-order valence-electron chi connectivity index (χ4n) is 2.68. The third-order valence-electron chi connectivity index (χ3n) is 3.94. The van der Waals surface area contributed by atoms with E-state index in [0.717, 1.165) is 5.56 Å². The summed E-state index contributed by atoms with van der Waals surface area (Å²) in [6.07, 6.45) is 1.79. The molecule has 0 spiro atoms. The molecular weight excluding hydrogens is 394 g/mol. The topological polar surface area (TPSA) is 55.8 Å². The lowest BCUT2D eigenvalue weighted by atomic mass is 10.1. The van der Waals surface area contributed by atoms with Crippen LogP contribution in [-0.2, 0) is 9.53 Å². The van der Waals surface area contributed by atoms with Gasteiger partial charge in [0.05, 0.1) is 29.4 Å². The molecule has 0 saturated carbocycles. The van der Waals surface area contributed by atoms with Crippen LogP contribution >= 0.6 is 24.0 Å². The van der Waals surface area contributed by atoms with Crippen molar-refractivity contribution in [3.63, 3.8) is 0 Å². The SMILES string of the molecule is CCOC(=O)c1ccc(N2C(=O)/C(=C\c3ccccc3OCC)SC2=S)cc1. The number of thioether (sulfide) groups is 1. The van der Waals surface area contributed by atoms with Crippen LogP contribution in [0.5, 0.6) is 5.75 Å². The molecule has 144 valence electrons. The lowest BCUT2D eigenvalue weighted by Gasteiger charge is -2.14. The van der Waals surface area contributed by atoms with Gasteiger partial charge in [-0.1, -0.05) is 42.2 Å². The van der Waals surface area contributed by atoms with E-state index in [-0.39, 0.29) is 5.91 Å². The Kier molecular flexibility index (Phi) is 6.49. The molecule has 1 heterocycles. The molecule has 7 heteroatoms. The summed E-state index contributed by atoms with van der Waals surface area (Å²) in [6.45, 7) is 4.51. The Hall–Kier alpha value is -2.64. The first-order chi connectivity index (χ1) is 13.5. The zero-order valence-electron chi connectivity index (χ0n) is 15.5. The van der Waals surface area contributed by atoms with E-state index < -0.39 is 5.97 Å². The van der Waals surface area contributed by atoms with Gasteiger partial charge in [0.2, 0.25) is 0 Å². The molecule has 1 aliphatic rings. The predicted molar refractivity (Wildman–Crippen MR) is 116 cm³/mol. The number of ether oxygens (including phenoxy) is 2. The van der Waals surface area contributed by atoms with Crippen molar-refractivity contribution in [3.05, 3.63) is 64.6 Å². The number of benzene rings is 2. The lowest BCUT2D eigenvalue weighted by Crippen LogP contribution is -2.27. The molecule has 5 nitrogen and oxygen atoms in total. The molecule has 0 unspecified atom stereocenters. The summed E-state index contributed by atoms with van der Waals surface area (Å²) < 4.78 is 11.0. The molecule has 1 aliphatic heterocycles. The molecule has 2 aromatic rings. The Balaban J connectivity index is 1.85. The molecule has 0 radical (unpaired) electrons. The number of rotatable bonds is 6. The van der Waals surface area contributed by atoms with Gasteiger partial charge in [0.15, 0.2) is 4.32 Å². The summed E-state index contributed by atoms with van der Waals surface area (Å²) in [5, 5.41) is 0. The van der Waals surface area contributed by atoms with Crippen molar-refractivity contribution in [2.24, 2.45) is 0 Å². The number of anilines is 1.